The molecule has 3 N–H and O–H groups in total. The summed E-state index contributed by atoms with van der Waals surface area (Å²) in [6.45, 7) is 1.76. The number of nitrogens with one attached hydrogen (secondary N) is 3. The fourth-order valence-electron chi connectivity index (χ4n) is 2.36. The minimum Gasteiger partial charge on any atom is -0.348 e. The van der Waals surface area contributed by atoms with Crippen molar-refractivity contribution in [1.82, 2.24) is 20.8 Å². The van der Waals surface area contributed by atoms with Crippen LogP contribution in [0, 0.1) is 0 Å². The van der Waals surface area contributed by atoms with Crippen LogP contribution in [0.25, 0.3) is 11.3 Å². The molecule has 1 aromatic heterocycles. The largest absolute Gasteiger partial charge is 0.348 e. The second-order valence-corrected chi connectivity index (χ2v) is 5.27. The van der Waals surface area contributed by atoms with Gasteiger partial charge in [-0.2, -0.15) is 5.10 Å². The number of carbonyl (C=O) groups is 1. The van der Waals surface area contributed by atoms with Crippen molar-refractivity contribution in [2.24, 2.45) is 0 Å². The summed E-state index contributed by atoms with van der Waals surface area (Å²) in [6, 6.07) is 7.53. The molecule has 0 aliphatic carbocycles. The van der Waals surface area contributed by atoms with Gasteiger partial charge in [0.1, 0.15) is 0 Å². The number of halogens is 1. The van der Waals surface area contributed by atoms with Crippen molar-refractivity contribution in [3.63, 3.8) is 0 Å². The summed E-state index contributed by atoms with van der Waals surface area (Å²) < 4.78 is 0. The smallest absolute Gasteiger partial charge is 0.255 e. The summed E-state index contributed by atoms with van der Waals surface area (Å²) in [6.07, 6.45) is 2.50. The number of H-pyrrole nitrogens is 1. The number of carbonyl (C=O) groups excluding carboxylic acids is 1. The molecule has 3 rings (SSSR count). The van der Waals surface area contributed by atoms with Crippen LogP contribution in [0.5, 0.6) is 0 Å². The fourth-order valence-corrected chi connectivity index (χ4v) is 2.55. The number of benzene rings is 1. The molecule has 1 unspecified atom stereocenters. The van der Waals surface area contributed by atoms with Gasteiger partial charge in [0, 0.05) is 23.2 Å². The van der Waals surface area contributed by atoms with Gasteiger partial charge in [0.05, 0.1) is 17.5 Å². The lowest BCUT2D eigenvalue weighted by molar-refractivity contribution is 0.0941. The average molecular weight is 291 g/mol. The number of aromatic nitrogens is 2. The third-order valence-electron chi connectivity index (χ3n) is 3.39. The number of rotatable bonds is 3. The van der Waals surface area contributed by atoms with Crippen LogP contribution in [0.2, 0.25) is 5.02 Å². The first-order valence-corrected chi connectivity index (χ1v) is 6.93. The molecule has 1 saturated heterocycles. The van der Waals surface area contributed by atoms with Crippen LogP contribution in [0.4, 0.5) is 0 Å². The first-order chi connectivity index (χ1) is 9.74. The van der Waals surface area contributed by atoms with E-state index in [9.17, 15) is 4.79 Å². The van der Waals surface area contributed by atoms with E-state index in [-0.39, 0.29) is 11.9 Å². The highest BCUT2D eigenvalue weighted by atomic mass is 35.5. The molecule has 0 radical (unpaired) electrons. The molecule has 1 atom stereocenters. The van der Waals surface area contributed by atoms with Gasteiger partial charge in [-0.05, 0) is 25.1 Å². The van der Waals surface area contributed by atoms with Crippen LogP contribution < -0.4 is 10.6 Å². The highest BCUT2D eigenvalue weighted by Gasteiger charge is 2.21. The SMILES string of the molecule is O=C(NC1CCNC1)c1cn[nH]c1-c1cccc(Cl)c1. The maximum atomic E-state index is 12.3. The van der Waals surface area contributed by atoms with Gasteiger partial charge in [0.25, 0.3) is 5.91 Å². The van der Waals surface area contributed by atoms with Gasteiger partial charge in [-0.1, -0.05) is 23.7 Å². The van der Waals surface area contributed by atoms with Crippen molar-refractivity contribution in [2.75, 3.05) is 13.1 Å². The first-order valence-electron chi connectivity index (χ1n) is 6.55. The molecule has 2 aromatic rings. The van der Waals surface area contributed by atoms with Gasteiger partial charge in [0.15, 0.2) is 0 Å². The number of amides is 1. The molecule has 1 aromatic carbocycles. The number of nitrogens with zero attached hydrogens (tertiary/aromatic N) is 1. The van der Waals surface area contributed by atoms with Gasteiger partial charge in [-0.15, -0.1) is 0 Å². The van der Waals surface area contributed by atoms with Gasteiger partial charge < -0.3 is 10.6 Å². The topological polar surface area (TPSA) is 69.8 Å². The Morgan fingerprint density at radius 2 is 2.35 bits per heavy atom. The summed E-state index contributed by atoms with van der Waals surface area (Å²) in [5, 5.41) is 13.7. The van der Waals surface area contributed by atoms with Crippen LogP contribution in [-0.4, -0.2) is 35.2 Å². The average Bonchev–Trinajstić information content (AvgIpc) is 3.09. The summed E-state index contributed by atoms with van der Waals surface area (Å²) in [5.41, 5.74) is 2.08. The molecule has 5 nitrogen and oxygen atoms in total. The van der Waals surface area contributed by atoms with Gasteiger partial charge in [-0.3, -0.25) is 9.89 Å². The molecule has 0 bridgehead atoms. The number of aromatic amines is 1. The van der Waals surface area contributed by atoms with Crippen molar-refractivity contribution in [3.8, 4) is 11.3 Å². The molecular weight excluding hydrogens is 276 g/mol. The lowest BCUT2D eigenvalue weighted by Gasteiger charge is -2.11. The quantitative estimate of drug-likeness (QED) is 0.807. The summed E-state index contributed by atoms with van der Waals surface area (Å²) in [5.74, 6) is -0.109. The molecule has 1 amide bonds. The maximum Gasteiger partial charge on any atom is 0.255 e. The monoisotopic (exact) mass is 290 g/mol. The van der Waals surface area contributed by atoms with Crippen LogP contribution in [0.1, 0.15) is 16.8 Å². The fraction of sp³-hybridized carbons (Fsp3) is 0.286. The first kappa shape index (κ1) is 13.1. The third-order valence-corrected chi connectivity index (χ3v) is 3.63. The molecule has 104 valence electrons. The second kappa shape index (κ2) is 5.64. The Bertz CT molecular complexity index is 619. The Kier molecular flexibility index (Phi) is 3.71. The minimum absolute atomic E-state index is 0.109. The standard InChI is InChI=1S/C14H15ClN4O/c15-10-3-1-2-9(6-10)13-12(8-17-19-13)14(20)18-11-4-5-16-7-11/h1-3,6,8,11,16H,4-5,7H2,(H,17,19)(H,18,20). The number of hydrogen-bond donors (Lipinski definition) is 3. The van der Waals surface area contributed by atoms with Crippen molar-refractivity contribution < 1.29 is 4.79 Å². The normalized spacial score (nSPS) is 18.1. The van der Waals surface area contributed by atoms with E-state index in [1.54, 1.807) is 12.3 Å². The zero-order valence-corrected chi connectivity index (χ0v) is 11.6. The zero-order chi connectivity index (χ0) is 13.9. The van der Waals surface area contributed by atoms with E-state index < -0.39 is 0 Å². The second-order valence-electron chi connectivity index (χ2n) is 4.83. The number of hydrogen-bond acceptors (Lipinski definition) is 3. The van der Waals surface area contributed by atoms with E-state index in [1.165, 1.54) is 0 Å². The van der Waals surface area contributed by atoms with Gasteiger partial charge >= 0.3 is 0 Å². The van der Waals surface area contributed by atoms with Crippen LogP contribution in [0.3, 0.4) is 0 Å². The Morgan fingerprint density at radius 3 is 3.10 bits per heavy atom. The van der Waals surface area contributed by atoms with Gasteiger partial charge in [0.2, 0.25) is 0 Å². The molecule has 1 fully saturated rings. The van der Waals surface area contributed by atoms with E-state index >= 15 is 0 Å². The van der Waals surface area contributed by atoms with E-state index in [4.69, 9.17) is 11.6 Å². The molecule has 2 heterocycles. The predicted octanol–water partition coefficient (Wildman–Crippen LogP) is 1.82. The van der Waals surface area contributed by atoms with Crippen molar-refractivity contribution in [2.45, 2.75) is 12.5 Å². The van der Waals surface area contributed by atoms with E-state index in [2.05, 4.69) is 20.8 Å². The van der Waals surface area contributed by atoms with Crippen molar-refractivity contribution in [1.29, 1.82) is 0 Å². The summed E-state index contributed by atoms with van der Waals surface area (Å²) >= 11 is 5.99. The Hall–Kier alpha value is -1.85. The molecule has 6 heteroatoms. The molecular formula is C14H15ClN4O. The Labute approximate surface area is 121 Å². The lowest BCUT2D eigenvalue weighted by Crippen LogP contribution is -2.36. The zero-order valence-electron chi connectivity index (χ0n) is 10.8. The molecule has 1 aliphatic rings. The van der Waals surface area contributed by atoms with Crippen LogP contribution >= 0.6 is 11.6 Å². The van der Waals surface area contributed by atoms with Crippen molar-refractivity contribution in [3.05, 3.63) is 41.0 Å². The predicted molar refractivity (Wildman–Crippen MR) is 77.8 cm³/mol. The highest BCUT2D eigenvalue weighted by molar-refractivity contribution is 6.30. The van der Waals surface area contributed by atoms with Crippen LogP contribution in [0.15, 0.2) is 30.5 Å². The van der Waals surface area contributed by atoms with E-state index in [0.29, 0.717) is 16.3 Å². The summed E-state index contributed by atoms with van der Waals surface area (Å²) in [4.78, 5) is 12.3. The highest BCUT2D eigenvalue weighted by Crippen LogP contribution is 2.24. The van der Waals surface area contributed by atoms with E-state index in [0.717, 1.165) is 25.1 Å². The molecule has 20 heavy (non-hydrogen) atoms. The van der Waals surface area contributed by atoms with Gasteiger partial charge in [-0.25, -0.2) is 0 Å². The maximum absolute atomic E-state index is 12.3. The minimum atomic E-state index is -0.109. The molecule has 0 spiro atoms. The van der Waals surface area contributed by atoms with Crippen molar-refractivity contribution >= 4 is 17.5 Å². The van der Waals surface area contributed by atoms with Crippen LogP contribution in [-0.2, 0) is 0 Å². The summed E-state index contributed by atoms with van der Waals surface area (Å²) in [7, 11) is 0. The molecule has 0 saturated carbocycles. The molecule has 1 aliphatic heterocycles. The lowest BCUT2D eigenvalue weighted by atomic mass is 10.1. The Morgan fingerprint density at radius 1 is 1.45 bits per heavy atom. The third kappa shape index (κ3) is 2.69. The Balaban J connectivity index is 1.84. The van der Waals surface area contributed by atoms with E-state index in [1.807, 2.05) is 18.2 Å².